The fourth-order valence-electron chi connectivity index (χ4n) is 0.661. The molecular formula is C6H12BrN3. The quantitative estimate of drug-likeness (QED) is 0.317. The summed E-state index contributed by atoms with van der Waals surface area (Å²) in [5.41, 5.74) is 0. The van der Waals surface area contributed by atoms with Crippen LogP contribution in [0, 0.1) is 5.41 Å². The van der Waals surface area contributed by atoms with Crippen LogP contribution in [0.15, 0.2) is 4.99 Å². The molecule has 0 rings (SSSR count). The third-order valence-corrected chi connectivity index (χ3v) is 1.69. The second-order valence-electron chi connectivity index (χ2n) is 1.84. The Morgan fingerprint density at radius 2 is 2.40 bits per heavy atom. The van der Waals surface area contributed by atoms with Crippen LogP contribution in [-0.4, -0.2) is 29.1 Å². The van der Waals surface area contributed by atoms with E-state index in [0.717, 1.165) is 6.54 Å². The number of rotatable bonds is 2. The van der Waals surface area contributed by atoms with Gasteiger partial charge in [-0.15, -0.1) is 0 Å². The summed E-state index contributed by atoms with van der Waals surface area (Å²) in [6, 6.07) is 0. The first kappa shape index (κ1) is 9.62. The van der Waals surface area contributed by atoms with Gasteiger partial charge in [0.25, 0.3) is 0 Å². The molecule has 0 aliphatic rings. The van der Waals surface area contributed by atoms with Crippen molar-refractivity contribution in [2.24, 2.45) is 4.99 Å². The molecule has 0 aromatic heterocycles. The number of aliphatic imine (C=N–C) groups is 1. The highest BCUT2D eigenvalue weighted by molar-refractivity contribution is 9.09. The molecule has 0 radical (unpaired) electrons. The molecule has 0 spiro atoms. The number of hydrogen-bond donors (Lipinski definition) is 1. The summed E-state index contributed by atoms with van der Waals surface area (Å²) in [4.78, 5) is 5.44. The summed E-state index contributed by atoms with van der Waals surface area (Å²) in [5.74, 6) is 0.215. The molecule has 0 aromatic carbocycles. The maximum atomic E-state index is 7.29. The zero-order chi connectivity index (χ0) is 8.15. The predicted octanol–water partition coefficient (Wildman–Crippen LogP) is 1.68. The van der Waals surface area contributed by atoms with E-state index >= 15 is 0 Å². The van der Waals surface area contributed by atoms with Crippen LogP contribution in [0.3, 0.4) is 0 Å². The van der Waals surface area contributed by atoms with Crippen molar-refractivity contribution in [3.05, 3.63) is 0 Å². The van der Waals surface area contributed by atoms with Gasteiger partial charge < -0.3 is 4.90 Å². The van der Waals surface area contributed by atoms with Crippen molar-refractivity contribution in [1.82, 2.24) is 4.90 Å². The average Bonchev–Trinajstić information content (AvgIpc) is 1.88. The van der Waals surface area contributed by atoms with Gasteiger partial charge in [0.05, 0.1) is 4.95 Å². The van der Waals surface area contributed by atoms with E-state index in [1.165, 1.54) is 0 Å². The van der Waals surface area contributed by atoms with E-state index in [-0.39, 0.29) is 10.9 Å². The number of nitrogens with zero attached hydrogens (tertiary/aromatic N) is 2. The first-order chi connectivity index (χ1) is 4.63. The molecule has 4 heteroatoms. The summed E-state index contributed by atoms with van der Waals surface area (Å²) >= 11 is 3.34. The van der Waals surface area contributed by atoms with Crippen molar-refractivity contribution in [1.29, 1.82) is 5.41 Å². The van der Waals surface area contributed by atoms with Crippen LogP contribution >= 0.6 is 15.9 Å². The summed E-state index contributed by atoms with van der Waals surface area (Å²) in [6.45, 7) is 7.96. The molecule has 0 amide bonds. The molecule has 1 atom stereocenters. The molecular weight excluding hydrogens is 194 g/mol. The van der Waals surface area contributed by atoms with Gasteiger partial charge in [0.15, 0.2) is 0 Å². The number of nitrogens with one attached hydrogen (secondary N) is 1. The molecule has 1 unspecified atom stereocenters. The van der Waals surface area contributed by atoms with Crippen molar-refractivity contribution < 1.29 is 0 Å². The molecule has 0 fully saturated rings. The van der Waals surface area contributed by atoms with E-state index in [9.17, 15) is 0 Å². The van der Waals surface area contributed by atoms with Crippen molar-refractivity contribution in [3.63, 3.8) is 0 Å². The number of alkyl halides is 1. The van der Waals surface area contributed by atoms with E-state index in [1.807, 2.05) is 13.8 Å². The molecule has 0 saturated carbocycles. The topological polar surface area (TPSA) is 39.5 Å². The van der Waals surface area contributed by atoms with Gasteiger partial charge in [0.1, 0.15) is 0 Å². The highest BCUT2D eigenvalue weighted by atomic mass is 79.9. The lowest BCUT2D eigenvalue weighted by atomic mass is 10.5. The van der Waals surface area contributed by atoms with Crippen molar-refractivity contribution in [2.75, 3.05) is 6.54 Å². The van der Waals surface area contributed by atoms with Crippen molar-refractivity contribution in [2.45, 2.75) is 18.8 Å². The molecule has 0 aromatic rings. The van der Waals surface area contributed by atoms with Gasteiger partial charge in [-0.2, -0.15) is 0 Å². The number of hydrogen-bond acceptors (Lipinski definition) is 1. The van der Waals surface area contributed by atoms with Gasteiger partial charge >= 0.3 is 0 Å². The Hall–Kier alpha value is -0.380. The summed E-state index contributed by atoms with van der Waals surface area (Å²) in [5, 5.41) is 7.29. The van der Waals surface area contributed by atoms with Crippen LogP contribution in [0.2, 0.25) is 0 Å². The van der Waals surface area contributed by atoms with Crippen molar-refractivity contribution in [3.8, 4) is 0 Å². The third-order valence-electron chi connectivity index (χ3n) is 1.19. The normalized spacial score (nSPS) is 12.3. The predicted molar refractivity (Wildman–Crippen MR) is 48.0 cm³/mol. The summed E-state index contributed by atoms with van der Waals surface area (Å²) in [7, 11) is 0. The standard InChI is InChI=1S/C6H12BrN3/c1-4-10(5(2)7)6(8)9-3/h5,8H,3-4H2,1-2H3. The Morgan fingerprint density at radius 3 is 2.50 bits per heavy atom. The Balaban J connectivity index is 4.06. The molecule has 0 bridgehead atoms. The van der Waals surface area contributed by atoms with Gasteiger partial charge in [-0.25, -0.2) is 4.99 Å². The van der Waals surface area contributed by atoms with Gasteiger partial charge in [-0.1, -0.05) is 15.9 Å². The lowest BCUT2D eigenvalue weighted by molar-refractivity contribution is 0.434. The zero-order valence-electron chi connectivity index (χ0n) is 6.26. The highest BCUT2D eigenvalue weighted by Gasteiger charge is 2.09. The van der Waals surface area contributed by atoms with E-state index in [4.69, 9.17) is 5.41 Å². The van der Waals surface area contributed by atoms with Crippen LogP contribution in [0.4, 0.5) is 0 Å². The van der Waals surface area contributed by atoms with Crippen molar-refractivity contribution >= 4 is 28.6 Å². The molecule has 0 saturated heterocycles. The fourth-order valence-corrected chi connectivity index (χ4v) is 1.14. The first-order valence-electron chi connectivity index (χ1n) is 3.09. The second kappa shape index (κ2) is 4.44. The van der Waals surface area contributed by atoms with E-state index in [2.05, 4.69) is 27.6 Å². The smallest absolute Gasteiger partial charge is 0.218 e. The van der Waals surface area contributed by atoms with Gasteiger partial charge in [0.2, 0.25) is 5.96 Å². The molecule has 0 aliphatic heterocycles. The summed E-state index contributed by atoms with van der Waals surface area (Å²) in [6.07, 6.45) is 0. The molecule has 0 aliphatic carbocycles. The molecule has 0 heterocycles. The molecule has 3 nitrogen and oxygen atoms in total. The van der Waals surface area contributed by atoms with Crippen LogP contribution in [-0.2, 0) is 0 Å². The minimum absolute atomic E-state index is 0.149. The van der Waals surface area contributed by atoms with E-state index in [1.54, 1.807) is 4.90 Å². The fraction of sp³-hybridized carbons (Fsp3) is 0.667. The maximum Gasteiger partial charge on any atom is 0.218 e. The number of halogens is 1. The number of guanidine groups is 1. The largest absolute Gasteiger partial charge is 0.329 e. The lowest BCUT2D eigenvalue weighted by Crippen LogP contribution is -2.33. The lowest BCUT2D eigenvalue weighted by Gasteiger charge is -2.22. The minimum Gasteiger partial charge on any atom is -0.329 e. The van der Waals surface area contributed by atoms with Gasteiger partial charge in [-0.05, 0) is 20.6 Å². The molecule has 58 valence electrons. The minimum atomic E-state index is 0.149. The second-order valence-corrected chi connectivity index (χ2v) is 3.17. The Labute approximate surface area is 69.8 Å². The highest BCUT2D eigenvalue weighted by Crippen LogP contribution is 2.06. The van der Waals surface area contributed by atoms with Crippen LogP contribution in [0.1, 0.15) is 13.8 Å². The first-order valence-corrected chi connectivity index (χ1v) is 4.01. The monoisotopic (exact) mass is 205 g/mol. The molecule has 1 N–H and O–H groups in total. The maximum absolute atomic E-state index is 7.29. The van der Waals surface area contributed by atoms with Gasteiger partial charge in [0, 0.05) is 6.54 Å². The van der Waals surface area contributed by atoms with Gasteiger partial charge in [-0.3, -0.25) is 5.41 Å². The SMILES string of the molecule is C=NC(=N)N(CC)C(C)Br. The van der Waals surface area contributed by atoms with Crippen LogP contribution in [0.5, 0.6) is 0 Å². The third kappa shape index (κ3) is 2.47. The van der Waals surface area contributed by atoms with E-state index in [0.29, 0.717) is 0 Å². The molecule has 10 heavy (non-hydrogen) atoms. The Kier molecular flexibility index (Phi) is 4.27. The van der Waals surface area contributed by atoms with Crippen LogP contribution in [0.25, 0.3) is 0 Å². The Morgan fingerprint density at radius 1 is 1.90 bits per heavy atom. The van der Waals surface area contributed by atoms with E-state index < -0.39 is 0 Å². The summed E-state index contributed by atoms with van der Waals surface area (Å²) < 4.78 is 0. The zero-order valence-corrected chi connectivity index (χ0v) is 7.85. The van der Waals surface area contributed by atoms with Crippen LogP contribution < -0.4 is 0 Å². The average molecular weight is 206 g/mol. The Bertz CT molecular complexity index is 133.